The van der Waals surface area contributed by atoms with Gasteiger partial charge in [0.25, 0.3) is 0 Å². The summed E-state index contributed by atoms with van der Waals surface area (Å²) in [5.41, 5.74) is 0.883. The molecule has 0 saturated carbocycles. The van der Waals surface area contributed by atoms with Crippen LogP contribution in [0.3, 0.4) is 0 Å². The fraction of sp³-hybridized carbons (Fsp3) is 0.312. The Morgan fingerprint density at radius 3 is 2.32 bits per heavy atom. The highest BCUT2D eigenvalue weighted by Crippen LogP contribution is 2.38. The van der Waals surface area contributed by atoms with E-state index in [4.69, 9.17) is 14.2 Å². The molecule has 2 aromatic rings. The second-order valence-corrected chi connectivity index (χ2v) is 5.60. The number of carbonyl (C=O) groups is 1. The molecular formula is C16H19NO4S. The number of thiophene rings is 1. The first-order chi connectivity index (χ1) is 10.7. The molecule has 0 radical (unpaired) electrons. The molecule has 0 unspecified atom stereocenters. The number of nitrogens with one attached hydrogen (secondary N) is 1. The third-order valence-electron chi connectivity index (χ3n) is 3.13. The van der Waals surface area contributed by atoms with E-state index in [1.54, 1.807) is 32.7 Å². The lowest BCUT2D eigenvalue weighted by Crippen LogP contribution is -2.24. The minimum Gasteiger partial charge on any atom is -0.493 e. The minimum absolute atomic E-state index is 0.0174. The van der Waals surface area contributed by atoms with Crippen LogP contribution in [0.5, 0.6) is 17.2 Å². The Balaban J connectivity index is 2.04. The van der Waals surface area contributed by atoms with Crippen LogP contribution in [0, 0.1) is 0 Å². The second kappa shape index (κ2) is 7.70. The van der Waals surface area contributed by atoms with Gasteiger partial charge in [-0.1, -0.05) is 6.07 Å². The average molecular weight is 321 g/mol. The van der Waals surface area contributed by atoms with Crippen molar-refractivity contribution in [3.8, 4) is 17.2 Å². The maximum atomic E-state index is 11.9. The standard InChI is InChI=1S/C16H19NO4S/c1-19-13-7-11(8-14(20-2)16(13)21-3)10-17-15(18)9-12-5-4-6-22-12/h4-8H,9-10H2,1-3H3,(H,17,18). The Bertz CT molecular complexity index is 600. The highest BCUT2D eigenvalue weighted by atomic mass is 32.1. The van der Waals surface area contributed by atoms with Crippen molar-refractivity contribution >= 4 is 17.2 Å². The molecule has 0 saturated heterocycles. The van der Waals surface area contributed by atoms with Crippen molar-refractivity contribution in [2.45, 2.75) is 13.0 Å². The quantitative estimate of drug-likeness (QED) is 0.852. The fourth-order valence-corrected chi connectivity index (χ4v) is 2.78. The lowest BCUT2D eigenvalue weighted by Gasteiger charge is -2.14. The van der Waals surface area contributed by atoms with E-state index in [2.05, 4.69) is 5.32 Å². The maximum absolute atomic E-state index is 11.9. The number of rotatable bonds is 7. The maximum Gasteiger partial charge on any atom is 0.225 e. The predicted octanol–water partition coefficient (Wildman–Crippen LogP) is 2.63. The summed E-state index contributed by atoms with van der Waals surface area (Å²) in [5, 5.41) is 4.85. The highest BCUT2D eigenvalue weighted by molar-refractivity contribution is 7.10. The summed E-state index contributed by atoms with van der Waals surface area (Å²) in [6, 6.07) is 7.54. The van der Waals surface area contributed by atoms with Crippen molar-refractivity contribution in [1.29, 1.82) is 0 Å². The van der Waals surface area contributed by atoms with Gasteiger partial charge in [0.05, 0.1) is 27.8 Å². The van der Waals surface area contributed by atoms with Gasteiger partial charge in [-0.15, -0.1) is 11.3 Å². The van der Waals surface area contributed by atoms with Gasteiger partial charge in [-0.2, -0.15) is 0 Å². The number of amides is 1. The topological polar surface area (TPSA) is 56.8 Å². The molecule has 0 spiro atoms. The van der Waals surface area contributed by atoms with Crippen LogP contribution in [0.15, 0.2) is 29.6 Å². The Labute approximate surface area is 133 Å². The van der Waals surface area contributed by atoms with Gasteiger partial charge in [0.1, 0.15) is 0 Å². The van der Waals surface area contributed by atoms with Crippen LogP contribution in [-0.2, 0) is 17.8 Å². The van der Waals surface area contributed by atoms with Gasteiger partial charge in [-0.25, -0.2) is 0 Å². The summed E-state index contributed by atoms with van der Waals surface area (Å²) < 4.78 is 15.9. The molecule has 1 aromatic carbocycles. The van der Waals surface area contributed by atoms with Crippen LogP contribution >= 0.6 is 11.3 Å². The van der Waals surface area contributed by atoms with Gasteiger partial charge in [-0.3, -0.25) is 4.79 Å². The fourth-order valence-electron chi connectivity index (χ4n) is 2.07. The molecular weight excluding hydrogens is 302 g/mol. The summed E-state index contributed by atoms with van der Waals surface area (Å²) in [5.74, 6) is 1.67. The Morgan fingerprint density at radius 2 is 1.82 bits per heavy atom. The van der Waals surface area contributed by atoms with E-state index >= 15 is 0 Å². The molecule has 0 fully saturated rings. The summed E-state index contributed by atoms with van der Waals surface area (Å²) >= 11 is 1.57. The van der Waals surface area contributed by atoms with Crippen molar-refractivity contribution in [3.05, 3.63) is 40.1 Å². The summed E-state index contributed by atoms with van der Waals surface area (Å²) in [4.78, 5) is 13.0. The molecule has 118 valence electrons. The van der Waals surface area contributed by atoms with Crippen LogP contribution < -0.4 is 19.5 Å². The first-order valence-corrected chi connectivity index (χ1v) is 7.63. The van der Waals surface area contributed by atoms with E-state index < -0.39 is 0 Å². The normalized spacial score (nSPS) is 10.1. The van der Waals surface area contributed by atoms with E-state index in [0.717, 1.165) is 10.4 Å². The predicted molar refractivity (Wildman–Crippen MR) is 86.0 cm³/mol. The Hall–Kier alpha value is -2.21. The minimum atomic E-state index is -0.0174. The van der Waals surface area contributed by atoms with Crippen molar-refractivity contribution in [3.63, 3.8) is 0 Å². The third kappa shape index (κ3) is 3.92. The lowest BCUT2D eigenvalue weighted by molar-refractivity contribution is -0.120. The van der Waals surface area contributed by atoms with Gasteiger partial charge in [0, 0.05) is 11.4 Å². The third-order valence-corrected chi connectivity index (χ3v) is 4.01. The average Bonchev–Trinajstić information content (AvgIpc) is 3.04. The van der Waals surface area contributed by atoms with Gasteiger partial charge in [0.2, 0.25) is 11.7 Å². The van der Waals surface area contributed by atoms with Crippen molar-refractivity contribution in [2.75, 3.05) is 21.3 Å². The SMILES string of the molecule is COc1cc(CNC(=O)Cc2cccs2)cc(OC)c1OC. The molecule has 1 heterocycles. The second-order valence-electron chi connectivity index (χ2n) is 4.57. The first kappa shape index (κ1) is 16.2. The van der Waals surface area contributed by atoms with Crippen LogP contribution in [0.25, 0.3) is 0 Å². The molecule has 2 rings (SSSR count). The number of ether oxygens (including phenoxy) is 3. The molecule has 6 heteroatoms. The van der Waals surface area contributed by atoms with E-state index in [0.29, 0.717) is 30.2 Å². The molecule has 1 aromatic heterocycles. The Kier molecular flexibility index (Phi) is 5.66. The zero-order chi connectivity index (χ0) is 15.9. The summed E-state index contributed by atoms with van der Waals surface area (Å²) in [6.45, 7) is 0.404. The van der Waals surface area contributed by atoms with E-state index in [9.17, 15) is 4.79 Å². The van der Waals surface area contributed by atoms with Crippen LogP contribution in [0.2, 0.25) is 0 Å². The lowest BCUT2D eigenvalue weighted by atomic mass is 10.1. The van der Waals surface area contributed by atoms with Crippen LogP contribution in [-0.4, -0.2) is 27.2 Å². The zero-order valence-corrected chi connectivity index (χ0v) is 13.7. The molecule has 0 aliphatic heterocycles. The monoisotopic (exact) mass is 321 g/mol. The number of hydrogen-bond acceptors (Lipinski definition) is 5. The number of benzene rings is 1. The van der Waals surface area contributed by atoms with Crippen molar-refractivity contribution in [2.24, 2.45) is 0 Å². The van der Waals surface area contributed by atoms with E-state index in [-0.39, 0.29) is 5.91 Å². The molecule has 0 aliphatic carbocycles. The highest BCUT2D eigenvalue weighted by Gasteiger charge is 2.13. The summed E-state index contributed by atoms with van der Waals surface area (Å²) in [6.07, 6.45) is 0.391. The first-order valence-electron chi connectivity index (χ1n) is 6.76. The molecule has 1 amide bonds. The molecule has 0 aliphatic rings. The smallest absolute Gasteiger partial charge is 0.225 e. The van der Waals surface area contributed by atoms with Gasteiger partial charge in [0.15, 0.2) is 11.5 Å². The van der Waals surface area contributed by atoms with Gasteiger partial charge in [-0.05, 0) is 29.1 Å². The largest absolute Gasteiger partial charge is 0.493 e. The molecule has 0 bridgehead atoms. The number of carbonyl (C=O) groups excluding carboxylic acids is 1. The van der Waals surface area contributed by atoms with E-state index in [1.807, 2.05) is 29.6 Å². The summed E-state index contributed by atoms with van der Waals surface area (Å²) in [7, 11) is 4.69. The number of methoxy groups -OCH3 is 3. The van der Waals surface area contributed by atoms with E-state index in [1.165, 1.54) is 0 Å². The van der Waals surface area contributed by atoms with Gasteiger partial charge < -0.3 is 19.5 Å². The Morgan fingerprint density at radius 1 is 1.14 bits per heavy atom. The molecule has 22 heavy (non-hydrogen) atoms. The van der Waals surface area contributed by atoms with Crippen LogP contribution in [0.1, 0.15) is 10.4 Å². The molecule has 5 nitrogen and oxygen atoms in total. The number of hydrogen-bond donors (Lipinski definition) is 1. The van der Waals surface area contributed by atoms with Crippen molar-refractivity contribution in [1.82, 2.24) is 5.32 Å². The van der Waals surface area contributed by atoms with Gasteiger partial charge >= 0.3 is 0 Å². The molecule has 0 atom stereocenters. The zero-order valence-electron chi connectivity index (χ0n) is 12.8. The van der Waals surface area contributed by atoms with Crippen LogP contribution in [0.4, 0.5) is 0 Å². The van der Waals surface area contributed by atoms with Crippen molar-refractivity contribution < 1.29 is 19.0 Å². The molecule has 1 N–H and O–H groups in total.